The molecule has 0 spiro atoms. The van der Waals surface area contributed by atoms with Gasteiger partial charge in [0.25, 0.3) is 0 Å². The summed E-state index contributed by atoms with van der Waals surface area (Å²) in [6, 6.07) is 4.62. The summed E-state index contributed by atoms with van der Waals surface area (Å²) in [5, 5.41) is 3.72. The highest BCUT2D eigenvalue weighted by atomic mass is 16.5. The molecule has 3 rings (SSSR count). The van der Waals surface area contributed by atoms with Gasteiger partial charge in [0, 0.05) is 12.6 Å². The smallest absolute Gasteiger partial charge is 0.129 e. The van der Waals surface area contributed by atoms with Crippen molar-refractivity contribution < 1.29 is 9.15 Å². The quantitative estimate of drug-likeness (QED) is 0.735. The molecule has 20 heavy (non-hydrogen) atoms. The number of ether oxygens (including phenoxy) is 1. The van der Waals surface area contributed by atoms with Crippen molar-refractivity contribution in [3.05, 3.63) is 24.2 Å². The van der Waals surface area contributed by atoms with Gasteiger partial charge in [-0.3, -0.25) is 0 Å². The summed E-state index contributed by atoms with van der Waals surface area (Å²) in [5.41, 5.74) is 0. The second-order valence-corrected chi connectivity index (χ2v) is 6.40. The monoisotopic (exact) mass is 277 g/mol. The predicted molar refractivity (Wildman–Crippen MR) is 79.5 cm³/mol. The second kappa shape index (κ2) is 7.28. The molecule has 0 radical (unpaired) electrons. The normalized spacial score (nSPS) is 26.8. The van der Waals surface area contributed by atoms with Gasteiger partial charge in [0.2, 0.25) is 0 Å². The fourth-order valence-electron chi connectivity index (χ4n) is 3.46. The Morgan fingerprint density at radius 2 is 2.15 bits per heavy atom. The summed E-state index contributed by atoms with van der Waals surface area (Å²) < 4.78 is 10.8. The summed E-state index contributed by atoms with van der Waals surface area (Å²) in [6.07, 6.45) is 11.5. The molecule has 0 aromatic carbocycles. The zero-order valence-corrected chi connectivity index (χ0v) is 12.4. The van der Waals surface area contributed by atoms with E-state index in [0.717, 1.165) is 43.2 Å². The number of hydrogen-bond acceptors (Lipinski definition) is 3. The SMILES string of the molecule is c1coc(COCCCNC2CCCC(C3CC3)C2)c1. The lowest BCUT2D eigenvalue weighted by Crippen LogP contribution is -2.35. The molecule has 112 valence electrons. The zero-order valence-electron chi connectivity index (χ0n) is 12.4. The molecule has 0 amide bonds. The van der Waals surface area contributed by atoms with Gasteiger partial charge in [-0.15, -0.1) is 0 Å². The third-order valence-corrected chi connectivity index (χ3v) is 4.73. The maximum Gasteiger partial charge on any atom is 0.129 e. The van der Waals surface area contributed by atoms with Crippen molar-refractivity contribution >= 4 is 0 Å². The van der Waals surface area contributed by atoms with Crippen molar-refractivity contribution in [2.24, 2.45) is 11.8 Å². The Morgan fingerprint density at radius 1 is 1.20 bits per heavy atom. The molecule has 2 aliphatic carbocycles. The second-order valence-electron chi connectivity index (χ2n) is 6.40. The summed E-state index contributed by atoms with van der Waals surface area (Å²) in [7, 11) is 0. The Labute approximate surface area is 122 Å². The first-order chi connectivity index (χ1) is 9.92. The van der Waals surface area contributed by atoms with Gasteiger partial charge in [-0.25, -0.2) is 0 Å². The molecule has 2 aliphatic rings. The Bertz CT molecular complexity index is 372. The van der Waals surface area contributed by atoms with Gasteiger partial charge in [0.15, 0.2) is 0 Å². The highest BCUT2D eigenvalue weighted by molar-refractivity contribution is 4.96. The first-order valence-electron chi connectivity index (χ1n) is 8.25. The standard InChI is InChI=1S/C17H27NO2/c1-4-15(14-7-8-14)12-16(5-1)18-9-3-10-19-13-17-6-2-11-20-17/h2,6,11,14-16,18H,1,3-5,7-10,12-13H2. The van der Waals surface area contributed by atoms with Crippen LogP contribution in [0, 0.1) is 11.8 Å². The lowest BCUT2D eigenvalue weighted by molar-refractivity contribution is 0.103. The van der Waals surface area contributed by atoms with Crippen LogP contribution in [0.25, 0.3) is 0 Å². The molecule has 0 bridgehead atoms. The summed E-state index contributed by atoms with van der Waals surface area (Å²) in [4.78, 5) is 0. The molecule has 1 N–H and O–H groups in total. The van der Waals surface area contributed by atoms with Crippen molar-refractivity contribution in [2.75, 3.05) is 13.2 Å². The van der Waals surface area contributed by atoms with Crippen molar-refractivity contribution in [3.8, 4) is 0 Å². The van der Waals surface area contributed by atoms with Gasteiger partial charge in [-0.05, 0) is 62.6 Å². The molecule has 2 saturated carbocycles. The van der Waals surface area contributed by atoms with Crippen LogP contribution in [0.5, 0.6) is 0 Å². The minimum Gasteiger partial charge on any atom is -0.467 e. The Hall–Kier alpha value is -0.800. The highest BCUT2D eigenvalue weighted by Crippen LogP contribution is 2.43. The summed E-state index contributed by atoms with van der Waals surface area (Å²) >= 11 is 0. The van der Waals surface area contributed by atoms with E-state index >= 15 is 0 Å². The van der Waals surface area contributed by atoms with E-state index in [2.05, 4.69) is 5.32 Å². The lowest BCUT2D eigenvalue weighted by atomic mass is 9.83. The maximum absolute atomic E-state index is 5.60. The van der Waals surface area contributed by atoms with Crippen LogP contribution in [0.1, 0.15) is 50.7 Å². The Balaban J connectivity index is 1.22. The summed E-state index contributed by atoms with van der Waals surface area (Å²) in [5.74, 6) is 3.02. The largest absolute Gasteiger partial charge is 0.467 e. The van der Waals surface area contributed by atoms with E-state index in [4.69, 9.17) is 9.15 Å². The van der Waals surface area contributed by atoms with E-state index in [-0.39, 0.29) is 0 Å². The minimum absolute atomic E-state index is 0.597. The van der Waals surface area contributed by atoms with Gasteiger partial charge in [0.05, 0.1) is 6.26 Å². The topological polar surface area (TPSA) is 34.4 Å². The fraction of sp³-hybridized carbons (Fsp3) is 0.765. The third-order valence-electron chi connectivity index (χ3n) is 4.73. The molecule has 1 aromatic heterocycles. The van der Waals surface area contributed by atoms with E-state index in [1.54, 1.807) is 6.26 Å². The van der Waals surface area contributed by atoms with Crippen LogP contribution in [0.15, 0.2) is 22.8 Å². The van der Waals surface area contributed by atoms with Gasteiger partial charge in [-0.1, -0.05) is 12.8 Å². The predicted octanol–water partition coefficient (Wildman–Crippen LogP) is 3.74. The van der Waals surface area contributed by atoms with E-state index in [0.29, 0.717) is 6.61 Å². The highest BCUT2D eigenvalue weighted by Gasteiger charge is 2.34. The Kier molecular flexibility index (Phi) is 5.15. The lowest BCUT2D eigenvalue weighted by Gasteiger charge is -2.30. The van der Waals surface area contributed by atoms with Crippen LogP contribution in [0.4, 0.5) is 0 Å². The van der Waals surface area contributed by atoms with Gasteiger partial charge < -0.3 is 14.5 Å². The molecule has 0 aliphatic heterocycles. The van der Waals surface area contributed by atoms with Crippen molar-refractivity contribution in [1.29, 1.82) is 0 Å². The molecule has 3 heteroatoms. The average Bonchev–Trinajstić information content (AvgIpc) is 3.21. The van der Waals surface area contributed by atoms with Crippen LogP contribution in [0.2, 0.25) is 0 Å². The molecule has 2 atom stereocenters. The third kappa shape index (κ3) is 4.35. The van der Waals surface area contributed by atoms with E-state index in [9.17, 15) is 0 Å². The Morgan fingerprint density at radius 3 is 2.95 bits per heavy atom. The molecular weight excluding hydrogens is 250 g/mol. The number of nitrogens with one attached hydrogen (secondary N) is 1. The van der Waals surface area contributed by atoms with E-state index in [1.807, 2.05) is 12.1 Å². The van der Waals surface area contributed by atoms with E-state index in [1.165, 1.54) is 38.5 Å². The van der Waals surface area contributed by atoms with Gasteiger partial charge >= 0.3 is 0 Å². The number of hydrogen-bond donors (Lipinski definition) is 1. The van der Waals surface area contributed by atoms with E-state index < -0.39 is 0 Å². The fourth-order valence-corrected chi connectivity index (χ4v) is 3.46. The van der Waals surface area contributed by atoms with Crippen LogP contribution in [-0.2, 0) is 11.3 Å². The molecule has 1 heterocycles. The first-order valence-corrected chi connectivity index (χ1v) is 8.25. The van der Waals surface area contributed by atoms with Crippen molar-refractivity contribution in [3.63, 3.8) is 0 Å². The van der Waals surface area contributed by atoms with Crippen LogP contribution in [-0.4, -0.2) is 19.2 Å². The molecular formula is C17H27NO2. The van der Waals surface area contributed by atoms with Crippen LogP contribution < -0.4 is 5.32 Å². The molecule has 1 aromatic rings. The molecule has 2 fully saturated rings. The van der Waals surface area contributed by atoms with Gasteiger partial charge in [0.1, 0.15) is 12.4 Å². The zero-order chi connectivity index (χ0) is 13.6. The molecule has 2 unspecified atom stereocenters. The van der Waals surface area contributed by atoms with Crippen molar-refractivity contribution in [2.45, 2.75) is 57.6 Å². The van der Waals surface area contributed by atoms with Crippen molar-refractivity contribution in [1.82, 2.24) is 5.32 Å². The van der Waals surface area contributed by atoms with Crippen LogP contribution >= 0.6 is 0 Å². The van der Waals surface area contributed by atoms with Gasteiger partial charge in [-0.2, -0.15) is 0 Å². The number of rotatable bonds is 8. The average molecular weight is 277 g/mol. The first kappa shape index (κ1) is 14.2. The summed E-state index contributed by atoms with van der Waals surface area (Å²) in [6.45, 7) is 2.49. The molecule has 0 saturated heterocycles. The maximum atomic E-state index is 5.60. The number of furan rings is 1. The van der Waals surface area contributed by atoms with Crippen LogP contribution in [0.3, 0.4) is 0 Å². The minimum atomic E-state index is 0.597. The molecule has 3 nitrogen and oxygen atoms in total.